The molecule has 0 saturated carbocycles. The van der Waals surface area contributed by atoms with Gasteiger partial charge in [-0.1, -0.05) is 18.2 Å². The average Bonchev–Trinajstić information content (AvgIpc) is 2.53. The lowest BCUT2D eigenvalue weighted by Crippen LogP contribution is -2.33. The molecule has 2 N–H and O–H groups in total. The van der Waals surface area contributed by atoms with Crippen molar-refractivity contribution in [2.24, 2.45) is 5.92 Å². The molecule has 20 heavy (non-hydrogen) atoms. The van der Waals surface area contributed by atoms with E-state index < -0.39 is 0 Å². The third-order valence-corrected chi connectivity index (χ3v) is 3.74. The molecule has 1 aliphatic heterocycles. The molecule has 5 nitrogen and oxygen atoms in total. The van der Waals surface area contributed by atoms with Gasteiger partial charge < -0.3 is 10.6 Å². The van der Waals surface area contributed by atoms with Gasteiger partial charge >= 0.3 is 0 Å². The summed E-state index contributed by atoms with van der Waals surface area (Å²) in [4.78, 5) is 0. The van der Waals surface area contributed by atoms with Gasteiger partial charge in [-0.15, -0.1) is 10.2 Å². The fourth-order valence-corrected chi connectivity index (χ4v) is 2.66. The number of aromatic nitrogens is 2. The first-order valence-electron chi connectivity index (χ1n) is 6.98. The molecule has 1 aromatic heterocycles. The third kappa shape index (κ3) is 2.56. The van der Waals surface area contributed by atoms with Gasteiger partial charge in [0.15, 0.2) is 5.69 Å². The van der Waals surface area contributed by atoms with Crippen molar-refractivity contribution in [1.29, 1.82) is 5.26 Å². The summed E-state index contributed by atoms with van der Waals surface area (Å²) in [5.74, 6) is 0.599. The monoisotopic (exact) mass is 267 g/mol. The van der Waals surface area contributed by atoms with Crippen molar-refractivity contribution in [2.45, 2.75) is 12.8 Å². The molecule has 5 heteroatoms. The van der Waals surface area contributed by atoms with Crippen LogP contribution in [0.2, 0.25) is 0 Å². The van der Waals surface area contributed by atoms with Gasteiger partial charge in [0.25, 0.3) is 0 Å². The number of rotatable bonds is 3. The first-order valence-corrected chi connectivity index (χ1v) is 6.98. The molecule has 0 bridgehead atoms. The lowest BCUT2D eigenvalue weighted by molar-refractivity contribution is 0.393. The fraction of sp³-hybridized carbons (Fsp3) is 0.400. The second-order valence-corrected chi connectivity index (χ2v) is 5.15. The van der Waals surface area contributed by atoms with Crippen molar-refractivity contribution in [3.8, 4) is 6.07 Å². The third-order valence-electron chi connectivity index (χ3n) is 3.74. The first kappa shape index (κ1) is 12.8. The second-order valence-electron chi connectivity index (χ2n) is 5.15. The minimum Gasteiger partial charge on any atom is -0.382 e. The van der Waals surface area contributed by atoms with Gasteiger partial charge in [0.1, 0.15) is 6.07 Å². The molecule has 0 aliphatic carbocycles. The van der Waals surface area contributed by atoms with E-state index in [9.17, 15) is 5.26 Å². The van der Waals surface area contributed by atoms with Crippen LogP contribution in [-0.2, 0) is 0 Å². The lowest BCUT2D eigenvalue weighted by Gasteiger charge is -2.23. The van der Waals surface area contributed by atoms with Crippen LogP contribution in [0.1, 0.15) is 18.5 Å². The molecule has 1 saturated heterocycles. The van der Waals surface area contributed by atoms with E-state index in [2.05, 4.69) is 26.9 Å². The van der Waals surface area contributed by atoms with Crippen LogP contribution in [0, 0.1) is 17.2 Å². The standard InChI is InChI=1S/C15H17N5/c16-8-14-15(18-10-11-4-3-7-17-9-11)12-5-1-2-6-13(12)19-20-14/h1-2,5-6,11,17H,3-4,7,9-10H2,(H,18,19). The minimum atomic E-state index is 0.368. The van der Waals surface area contributed by atoms with Crippen molar-refractivity contribution in [1.82, 2.24) is 15.5 Å². The smallest absolute Gasteiger partial charge is 0.186 e. The summed E-state index contributed by atoms with van der Waals surface area (Å²) in [7, 11) is 0. The predicted molar refractivity (Wildman–Crippen MR) is 78.3 cm³/mol. The molecule has 1 aromatic carbocycles. The Bertz CT molecular complexity index is 640. The normalized spacial score (nSPS) is 18.6. The van der Waals surface area contributed by atoms with Crippen molar-refractivity contribution in [3.63, 3.8) is 0 Å². The van der Waals surface area contributed by atoms with Crippen LogP contribution < -0.4 is 10.6 Å². The van der Waals surface area contributed by atoms with E-state index in [1.54, 1.807) is 0 Å². The number of piperidine rings is 1. The average molecular weight is 267 g/mol. The summed E-state index contributed by atoms with van der Waals surface area (Å²) >= 11 is 0. The van der Waals surface area contributed by atoms with E-state index in [4.69, 9.17) is 0 Å². The zero-order valence-electron chi connectivity index (χ0n) is 11.3. The maximum Gasteiger partial charge on any atom is 0.186 e. The van der Waals surface area contributed by atoms with Crippen LogP contribution >= 0.6 is 0 Å². The van der Waals surface area contributed by atoms with E-state index in [0.717, 1.165) is 36.2 Å². The van der Waals surface area contributed by atoms with Crippen molar-refractivity contribution >= 4 is 16.6 Å². The molecular weight excluding hydrogens is 250 g/mol. The van der Waals surface area contributed by atoms with E-state index >= 15 is 0 Å². The number of anilines is 1. The highest BCUT2D eigenvalue weighted by Gasteiger charge is 2.15. The largest absolute Gasteiger partial charge is 0.382 e. The topological polar surface area (TPSA) is 73.6 Å². The number of hydrogen-bond donors (Lipinski definition) is 2. The second kappa shape index (κ2) is 5.85. The van der Waals surface area contributed by atoms with Gasteiger partial charge in [-0.3, -0.25) is 0 Å². The Balaban J connectivity index is 1.87. The molecule has 0 radical (unpaired) electrons. The van der Waals surface area contributed by atoms with Crippen molar-refractivity contribution in [3.05, 3.63) is 30.0 Å². The number of nitrogens with one attached hydrogen (secondary N) is 2. The Morgan fingerprint density at radius 1 is 1.35 bits per heavy atom. The fourth-order valence-electron chi connectivity index (χ4n) is 2.66. The number of hydrogen-bond acceptors (Lipinski definition) is 5. The molecular formula is C15H17N5. The number of nitrogens with zero attached hydrogens (tertiary/aromatic N) is 3. The van der Waals surface area contributed by atoms with Gasteiger partial charge in [-0.25, -0.2) is 0 Å². The van der Waals surface area contributed by atoms with Crippen LogP contribution in [0.3, 0.4) is 0 Å². The SMILES string of the molecule is N#Cc1nnc2ccccc2c1NCC1CCCNC1. The Morgan fingerprint density at radius 2 is 2.25 bits per heavy atom. The summed E-state index contributed by atoms with van der Waals surface area (Å²) in [5, 5.41) is 25.1. The molecule has 1 fully saturated rings. The van der Waals surface area contributed by atoms with Gasteiger partial charge in [0.2, 0.25) is 0 Å². The van der Waals surface area contributed by atoms with Gasteiger partial charge in [-0.05, 0) is 37.9 Å². The van der Waals surface area contributed by atoms with Gasteiger partial charge in [-0.2, -0.15) is 5.26 Å². The first-order chi connectivity index (χ1) is 9.88. The molecule has 1 aliphatic rings. The molecule has 2 heterocycles. The molecule has 1 unspecified atom stereocenters. The van der Waals surface area contributed by atoms with Crippen LogP contribution in [0.25, 0.3) is 10.9 Å². The number of nitriles is 1. The molecule has 1 atom stereocenters. The summed E-state index contributed by atoms with van der Waals surface area (Å²) in [5.41, 5.74) is 1.99. The quantitative estimate of drug-likeness (QED) is 0.888. The Morgan fingerprint density at radius 3 is 3.05 bits per heavy atom. The van der Waals surface area contributed by atoms with E-state index in [1.807, 2.05) is 24.3 Å². The minimum absolute atomic E-state index is 0.368. The van der Waals surface area contributed by atoms with Gasteiger partial charge in [0.05, 0.1) is 11.2 Å². The number of benzene rings is 1. The lowest BCUT2D eigenvalue weighted by atomic mass is 9.99. The highest BCUT2D eigenvalue weighted by molar-refractivity contribution is 5.92. The molecule has 2 aromatic rings. The highest BCUT2D eigenvalue weighted by atomic mass is 15.1. The summed E-state index contributed by atoms with van der Waals surface area (Å²) in [6.07, 6.45) is 2.44. The maximum atomic E-state index is 9.21. The maximum absolute atomic E-state index is 9.21. The highest BCUT2D eigenvalue weighted by Crippen LogP contribution is 2.24. The van der Waals surface area contributed by atoms with Crippen LogP contribution in [0.15, 0.2) is 24.3 Å². The summed E-state index contributed by atoms with van der Waals surface area (Å²) < 4.78 is 0. The number of fused-ring (bicyclic) bond motifs is 1. The molecule has 102 valence electrons. The Hall–Kier alpha value is -2.19. The summed E-state index contributed by atoms with van der Waals surface area (Å²) in [6.45, 7) is 3.00. The van der Waals surface area contributed by atoms with Crippen LogP contribution in [0.5, 0.6) is 0 Å². The Kier molecular flexibility index (Phi) is 3.75. The summed E-state index contributed by atoms with van der Waals surface area (Å²) in [6, 6.07) is 9.90. The van der Waals surface area contributed by atoms with Crippen LogP contribution in [0.4, 0.5) is 5.69 Å². The van der Waals surface area contributed by atoms with Crippen molar-refractivity contribution in [2.75, 3.05) is 25.0 Å². The molecule has 0 amide bonds. The predicted octanol–water partition coefficient (Wildman–Crippen LogP) is 1.91. The van der Waals surface area contributed by atoms with Crippen molar-refractivity contribution < 1.29 is 0 Å². The van der Waals surface area contributed by atoms with E-state index in [-0.39, 0.29) is 0 Å². The van der Waals surface area contributed by atoms with Gasteiger partial charge in [0, 0.05) is 11.9 Å². The van der Waals surface area contributed by atoms with E-state index in [1.165, 1.54) is 12.8 Å². The van der Waals surface area contributed by atoms with E-state index in [0.29, 0.717) is 11.6 Å². The molecule has 3 rings (SSSR count). The Labute approximate surface area is 118 Å². The van der Waals surface area contributed by atoms with Crippen LogP contribution in [-0.4, -0.2) is 29.8 Å². The zero-order chi connectivity index (χ0) is 13.8. The zero-order valence-corrected chi connectivity index (χ0v) is 11.3. The molecule has 0 spiro atoms.